The largest absolute Gasteiger partial charge is 0.496 e. The standard InChI is InChI=1S/C26H29N5O5/c1-28(16-20-11-7-8-12-21(20)36-3)22(32)17-31-25(33)23-24(27-18-29(23)13-14-35-2)30(26(31)34)15-19-9-5-4-6-10-19/h4-12,18H,13-17H2,1-3H3. The highest BCUT2D eigenvalue weighted by atomic mass is 16.5. The highest BCUT2D eigenvalue weighted by Gasteiger charge is 2.21. The Balaban J connectivity index is 1.73. The van der Waals surface area contributed by atoms with Gasteiger partial charge in [-0.25, -0.2) is 14.3 Å². The SMILES string of the molecule is COCCn1cnc2c1c(=O)n(CC(=O)N(C)Cc1ccccc1OC)c(=O)n2Cc1ccccc1. The molecule has 10 nitrogen and oxygen atoms in total. The molecule has 0 unspecified atom stereocenters. The number of methoxy groups -OCH3 is 2. The van der Waals surface area contributed by atoms with Gasteiger partial charge in [0.25, 0.3) is 5.56 Å². The fourth-order valence-electron chi connectivity index (χ4n) is 4.08. The van der Waals surface area contributed by atoms with Crippen LogP contribution in [-0.4, -0.2) is 57.4 Å². The number of imidazole rings is 1. The highest BCUT2D eigenvalue weighted by Crippen LogP contribution is 2.19. The maximum Gasteiger partial charge on any atom is 0.333 e. The zero-order chi connectivity index (χ0) is 25.7. The van der Waals surface area contributed by atoms with Crippen LogP contribution in [0.25, 0.3) is 11.2 Å². The molecule has 0 aliphatic heterocycles. The summed E-state index contributed by atoms with van der Waals surface area (Å²) in [5.41, 5.74) is 1.06. The lowest BCUT2D eigenvalue weighted by Gasteiger charge is -2.20. The number of aromatic nitrogens is 4. The first-order valence-electron chi connectivity index (χ1n) is 11.5. The van der Waals surface area contributed by atoms with Gasteiger partial charge in [-0.3, -0.25) is 14.2 Å². The molecule has 0 N–H and O–H groups in total. The number of hydrogen-bond donors (Lipinski definition) is 0. The fraction of sp³-hybridized carbons (Fsp3) is 0.308. The molecule has 36 heavy (non-hydrogen) atoms. The Morgan fingerprint density at radius 3 is 2.44 bits per heavy atom. The summed E-state index contributed by atoms with van der Waals surface area (Å²) in [6, 6.07) is 16.8. The van der Waals surface area contributed by atoms with Crippen molar-refractivity contribution in [3.8, 4) is 5.75 Å². The van der Waals surface area contributed by atoms with E-state index in [4.69, 9.17) is 9.47 Å². The van der Waals surface area contributed by atoms with E-state index in [1.807, 2.05) is 54.6 Å². The second-order valence-electron chi connectivity index (χ2n) is 8.41. The van der Waals surface area contributed by atoms with E-state index in [1.165, 1.54) is 15.8 Å². The molecule has 0 fully saturated rings. The molecule has 0 aliphatic carbocycles. The third-order valence-electron chi connectivity index (χ3n) is 6.02. The second kappa shape index (κ2) is 11.0. The van der Waals surface area contributed by atoms with Crippen LogP contribution in [0.3, 0.4) is 0 Å². The lowest BCUT2D eigenvalue weighted by Crippen LogP contribution is -2.44. The van der Waals surface area contributed by atoms with Crippen molar-refractivity contribution in [2.75, 3.05) is 27.9 Å². The van der Waals surface area contributed by atoms with Crippen molar-refractivity contribution in [2.45, 2.75) is 26.2 Å². The number of likely N-dealkylation sites (N-methyl/N-ethyl adjacent to an activating group) is 1. The minimum Gasteiger partial charge on any atom is -0.496 e. The number of rotatable bonds is 10. The van der Waals surface area contributed by atoms with Crippen molar-refractivity contribution in [3.05, 3.63) is 92.9 Å². The Morgan fingerprint density at radius 1 is 1.00 bits per heavy atom. The van der Waals surface area contributed by atoms with E-state index in [0.29, 0.717) is 18.9 Å². The number of benzene rings is 2. The first kappa shape index (κ1) is 24.9. The molecule has 2 aromatic heterocycles. The van der Waals surface area contributed by atoms with Gasteiger partial charge < -0.3 is 18.9 Å². The van der Waals surface area contributed by atoms with E-state index in [9.17, 15) is 14.4 Å². The first-order valence-corrected chi connectivity index (χ1v) is 11.5. The number of fused-ring (bicyclic) bond motifs is 1. The van der Waals surface area contributed by atoms with Gasteiger partial charge in [0, 0.05) is 32.8 Å². The number of para-hydroxylation sites is 1. The Morgan fingerprint density at radius 2 is 1.72 bits per heavy atom. The number of carbonyl (C=O) groups is 1. The molecule has 1 amide bonds. The van der Waals surface area contributed by atoms with Gasteiger partial charge in [-0.05, 0) is 11.6 Å². The maximum absolute atomic E-state index is 13.5. The molecular formula is C26H29N5O5. The van der Waals surface area contributed by atoms with Crippen LogP contribution >= 0.6 is 0 Å². The Kier molecular flexibility index (Phi) is 7.65. The van der Waals surface area contributed by atoms with Gasteiger partial charge in [0.1, 0.15) is 12.3 Å². The van der Waals surface area contributed by atoms with Crippen LogP contribution in [-0.2, 0) is 35.7 Å². The molecule has 2 heterocycles. The van der Waals surface area contributed by atoms with Crippen molar-refractivity contribution in [3.63, 3.8) is 0 Å². The van der Waals surface area contributed by atoms with E-state index in [1.54, 1.807) is 25.8 Å². The number of hydrogen-bond acceptors (Lipinski definition) is 6. The molecule has 0 spiro atoms. The van der Waals surface area contributed by atoms with Gasteiger partial charge in [-0.2, -0.15) is 0 Å². The summed E-state index contributed by atoms with van der Waals surface area (Å²) in [6.45, 7) is 0.826. The zero-order valence-electron chi connectivity index (χ0n) is 20.6. The summed E-state index contributed by atoms with van der Waals surface area (Å²) in [6.07, 6.45) is 1.52. The molecule has 0 radical (unpaired) electrons. The van der Waals surface area contributed by atoms with Gasteiger partial charge in [-0.15, -0.1) is 0 Å². The molecule has 0 bridgehead atoms. The molecular weight excluding hydrogens is 462 g/mol. The monoisotopic (exact) mass is 491 g/mol. The molecule has 4 rings (SSSR count). The third-order valence-corrected chi connectivity index (χ3v) is 6.02. The molecule has 2 aromatic carbocycles. The fourth-order valence-corrected chi connectivity index (χ4v) is 4.08. The number of amides is 1. The normalized spacial score (nSPS) is 11.1. The highest BCUT2D eigenvalue weighted by molar-refractivity contribution is 5.76. The summed E-state index contributed by atoms with van der Waals surface area (Å²) in [5.74, 6) is 0.275. The van der Waals surface area contributed by atoms with Crippen LogP contribution in [0.5, 0.6) is 5.75 Å². The Hall–Kier alpha value is -4.18. The zero-order valence-corrected chi connectivity index (χ0v) is 20.6. The average molecular weight is 492 g/mol. The van der Waals surface area contributed by atoms with Gasteiger partial charge >= 0.3 is 5.69 Å². The van der Waals surface area contributed by atoms with Gasteiger partial charge in [0.2, 0.25) is 5.91 Å². The summed E-state index contributed by atoms with van der Waals surface area (Å²) in [4.78, 5) is 46.0. The van der Waals surface area contributed by atoms with E-state index in [2.05, 4.69) is 4.98 Å². The summed E-state index contributed by atoms with van der Waals surface area (Å²) < 4.78 is 14.6. The first-order chi connectivity index (χ1) is 17.4. The number of nitrogens with zero attached hydrogens (tertiary/aromatic N) is 5. The lowest BCUT2D eigenvalue weighted by molar-refractivity contribution is -0.131. The molecule has 10 heteroatoms. The van der Waals surface area contributed by atoms with Crippen molar-refractivity contribution < 1.29 is 14.3 Å². The minimum atomic E-state index is -0.590. The van der Waals surface area contributed by atoms with Gasteiger partial charge in [0.05, 0.1) is 26.6 Å². The Bertz CT molecular complexity index is 1470. The predicted molar refractivity (Wildman–Crippen MR) is 135 cm³/mol. The summed E-state index contributed by atoms with van der Waals surface area (Å²) in [5, 5.41) is 0. The number of carbonyl (C=O) groups excluding carboxylic acids is 1. The predicted octanol–water partition coefficient (Wildman–Crippen LogP) is 1.72. The van der Waals surface area contributed by atoms with Gasteiger partial charge in [-0.1, -0.05) is 48.5 Å². The van der Waals surface area contributed by atoms with E-state index in [-0.39, 0.29) is 30.2 Å². The quantitative estimate of drug-likeness (QED) is 0.335. The smallest absolute Gasteiger partial charge is 0.333 e. The van der Waals surface area contributed by atoms with Crippen LogP contribution in [0, 0.1) is 0 Å². The van der Waals surface area contributed by atoms with Crippen molar-refractivity contribution in [1.29, 1.82) is 0 Å². The molecule has 0 atom stereocenters. The average Bonchev–Trinajstić information content (AvgIpc) is 3.32. The minimum absolute atomic E-state index is 0.211. The van der Waals surface area contributed by atoms with Crippen LogP contribution in [0.1, 0.15) is 11.1 Å². The van der Waals surface area contributed by atoms with E-state index in [0.717, 1.165) is 15.7 Å². The molecule has 0 saturated carbocycles. The van der Waals surface area contributed by atoms with Crippen LogP contribution in [0.15, 0.2) is 70.5 Å². The van der Waals surface area contributed by atoms with Crippen molar-refractivity contribution in [2.24, 2.45) is 0 Å². The lowest BCUT2D eigenvalue weighted by atomic mass is 10.2. The third kappa shape index (κ3) is 5.08. The van der Waals surface area contributed by atoms with Gasteiger partial charge in [0.15, 0.2) is 11.2 Å². The van der Waals surface area contributed by atoms with E-state index >= 15 is 0 Å². The van der Waals surface area contributed by atoms with Crippen molar-refractivity contribution in [1.82, 2.24) is 23.6 Å². The van der Waals surface area contributed by atoms with E-state index < -0.39 is 17.8 Å². The molecule has 0 saturated heterocycles. The molecule has 4 aromatic rings. The summed E-state index contributed by atoms with van der Waals surface area (Å²) in [7, 11) is 4.76. The number of ether oxygens (including phenoxy) is 2. The second-order valence-corrected chi connectivity index (χ2v) is 8.41. The van der Waals surface area contributed by atoms with Crippen LogP contribution < -0.4 is 16.0 Å². The topological polar surface area (TPSA) is 101 Å². The molecule has 188 valence electrons. The van der Waals surface area contributed by atoms with Crippen LogP contribution in [0.2, 0.25) is 0 Å². The molecule has 0 aliphatic rings. The maximum atomic E-state index is 13.5. The van der Waals surface area contributed by atoms with Crippen molar-refractivity contribution >= 4 is 17.1 Å². The van der Waals surface area contributed by atoms with Crippen LogP contribution in [0.4, 0.5) is 0 Å². The Labute approximate surface area is 207 Å². The summed E-state index contributed by atoms with van der Waals surface area (Å²) >= 11 is 0.